The Kier molecular flexibility index (Phi) is 6.91. The predicted octanol–water partition coefficient (Wildman–Crippen LogP) is 4.04. The van der Waals surface area contributed by atoms with Crippen molar-refractivity contribution in [2.45, 2.75) is 32.2 Å². The maximum absolute atomic E-state index is 3.80. The van der Waals surface area contributed by atoms with Gasteiger partial charge in [0.2, 0.25) is 0 Å². The van der Waals surface area contributed by atoms with Crippen molar-refractivity contribution >= 4 is 0 Å². The largest absolute Gasteiger partial charge is 0.286 e. The lowest BCUT2D eigenvalue weighted by atomic mass is 10.1. The molecule has 0 aromatic heterocycles. The third-order valence-corrected chi connectivity index (χ3v) is 2.87. The summed E-state index contributed by atoms with van der Waals surface area (Å²) < 4.78 is 0. The molecule has 1 heteroatoms. The van der Waals surface area contributed by atoms with E-state index in [1.54, 1.807) is 0 Å². The van der Waals surface area contributed by atoms with Crippen molar-refractivity contribution in [1.82, 2.24) is 4.90 Å². The van der Waals surface area contributed by atoms with Crippen LogP contribution in [-0.2, 0) is 0 Å². The fraction of sp³-hybridized carbons (Fsp3) is 0.412. The lowest BCUT2D eigenvalue weighted by Gasteiger charge is -2.22. The summed E-state index contributed by atoms with van der Waals surface area (Å²) in [6.07, 6.45) is 5.29. The van der Waals surface area contributed by atoms with Crippen molar-refractivity contribution < 1.29 is 0 Å². The molecule has 1 aromatic carbocycles. The van der Waals surface area contributed by atoms with Crippen molar-refractivity contribution in [3.05, 3.63) is 48.6 Å². The summed E-state index contributed by atoms with van der Waals surface area (Å²) >= 11 is 0. The minimum atomic E-state index is 0.168. The molecule has 96 valence electrons. The van der Waals surface area contributed by atoms with Gasteiger partial charge in [-0.1, -0.05) is 55.7 Å². The summed E-state index contributed by atoms with van der Waals surface area (Å²) in [5, 5.41) is 0. The van der Waals surface area contributed by atoms with E-state index in [1.807, 2.05) is 12.1 Å². The van der Waals surface area contributed by atoms with Crippen LogP contribution in [0.15, 0.2) is 43.0 Å². The SMILES string of the molecule is C=CCN(C)C(C#CCCCC)c1ccccc1. The zero-order chi connectivity index (χ0) is 13.2. The minimum absolute atomic E-state index is 0.168. The molecule has 0 heterocycles. The minimum Gasteiger partial charge on any atom is -0.286 e. The molecule has 0 aliphatic heterocycles. The summed E-state index contributed by atoms with van der Waals surface area (Å²) in [6.45, 7) is 6.84. The second kappa shape index (κ2) is 8.55. The molecule has 0 N–H and O–H groups in total. The molecule has 1 rings (SSSR count). The fourth-order valence-corrected chi connectivity index (χ4v) is 1.83. The van der Waals surface area contributed by atoms with E-state index in [0.29, 0.717) is 0 Å². The first-order chi connectivity index (χ1) is 8.79. The van der Waals surface area contributed by atoms with Crippen molar-refractivity contribution in [1.29, 1.82) is 0 Å². The van der Waals surface area contributed by atoms with Gasteiger partial charge in [0.15, 0.2) is 0 Å². The Hall–Kier alpha value is -1.52. The average molecular weight is 241 g/mol. The topological polar surface area (TPSA) is 3.24 Å². The number of rotatable bonds is 6. The maximum Gasteiger partial charge on any atom is 0.0971 e. The van der Waals surface area contributed by atoms with E-state index < -0.39 is 0 Å². The van der Waals surface area contributed by atoms with Crippen molar-refractivity contribution in [3.8, 4) is 11.8 Å². The van der Waals surface area contributed by atoms with Crippen molar-refractivity contribution in [3.63, 3.8) is 0 Å². The molecule has 1 atom stereocenters. The molecule has 0 radical (unpaired) electrons. The summed E-state index contributed by atoms with van der Waals surface area (Å²) in [4.78, 5) is 2.22. The fourth-order valence-electron chi connectivity index (χ4n) is 1.83. The molecular weight excluding hydrogens is 218 g/mol. The Morgan fingerprint density at radius 2 is 2.06 bits per heavy atom. The zero-order valence-corrected chi connectivity index (χ0v) is 11.5. The summed E-state index contributed by atoms with van der Waals surface area (Å²) in [7, 11) is 2.09. The highest BCUT2D eigenvalue weighted by Crippen LogP contribution is 2.18. The zero-order valence-electron chi connectivity index (χ0n) is 11.5. The van der Waals surface area contributed by atoms with Gasteiger partial charge in [0.25, 0.3) is 0 Å². The van der Waals surface area contributed by atoms with Gasteiger partial charge < -0.3 is 0 Å². The van der Waals surface area contributed by atoms with Gasteiger partial charge in [0, 0.05) is 13.0 Å². The number of benzene rings is 1. The molecule has 18 heavy (non-hydrogen) atoms. The molecule has 0 spiro atoms. The van der Waals surface area contributed by atoms with Crippen LogP contribution in [0, 0.1) is 11.8 Å². The van der Waals surface area contributed by atoms with Gasteiger partial charge in [-0.05, 0) is 19.0 Å². The van der Waals surface area contributed by atoms with Gasteiger partial charge >= 0.3 is 0 Å². The molecule has 1 nitrogen and oxygen atoms in total. The van der Waals surface area contributed by atoms with Gasteiger partial charge in [-0.15, -0.1) is 12.5 Å². The van der Waals surface area contributed by atoms with E-state index in [1.165, 1.54) is 18.4 Å². The van der Waals surface area contributed by atoms with Crippen LogP contribution >= 0.6 is 0 Å². The van der Waals surface area contributed by atoms with E-state index in [-0.39, 0.29) is 6.04 Å². The Morgan fingerprint density at radius 1 is 1.33 bits per heavy atom. The van der Waals surface area contributed by atoms with Gasteiger partial charge in [-0.25, -0.2) is 0 Å². The van der Waals surface area contributed by atoms with Gasteiger partial charge in [0.1, 0.15) is 0 Å². The number of hydrogen-bond acceptors (Lipinski definition) is 1. The van der Waals surface area contributed by atoms with Gasteiger partial charge in [-0.2, -0.15) is 0 Å². The number of likely N-dealkylation sites (N-methyl/N-ethyl adjacent to an activating group) is 1. The lowest BCUT2D eigenvalue weighted by molar-refractivity contribution is 0.326. The highest BCUT2D eigenvalue weighted by molar-refractivity contribution is 5.27. The van der Waals surface area contributed by atoms with Gasteiger partial charge in [-0.3, -0.25) is 4.90 Å². The van der Waals surface area contributed by atoms with E-state index >= 15 is 0 Å². The Morgan fingerprint density at radius 3 is 2.67 bits per heavy atom. The third kappa shape index (κ3) is 4.77. The highest BCUT2D eigenvalue weighted by Gasteiger charge is 2.12. The number of unbranched alkanes of at least 4 members (excludes halogenated alkanes) is 2. The van der Waals surface area contributed by atoms with Crippen LogP contribution in [0.5, 0.6) is 0 Å². The Labute approximate surface area is 112 Å². The predicted molar refractivity (Wildman–Crippen MR) is 79.3 cm³/mol. The van der Waals surface area contributed by atoms with Crippen LogP contribution in [0.3, 0.4) is 0 Å². The van der Waals surface area contributed by atoms with E-state index in [0.717, 1.165) is 13.0 Å². The van der Waals surface area contributed by atoms with E-state index in [2.05, 4.69) is 61.6 Å². The summed E-state index contributed by atoms with van der Waals surface area (Å²) in [5.41, 5.74) is 1.26. The van der Waals surface area contributed by atoms with Crippen LogP contribution in [0.1, 0.15) is 37.8 Å². The second-order valence-electron chi connectivity index (χ2n) is 4.47. The van der Waals surface area contributed by atoms with E-state index in [4.69, 9.17) is 0 Å². The third-order valence-electron chi connectivity index (χ3n) is 2.87. The smallest absolute Gasteiger partial charge is 0.0971 e. The summed E-state index contributed by atoms with van der Waals surface area (Å²) in [5.74, 6) is 6.68. The molecule has 0 fully saturated rings. The Bertz CT molecular complexity index is 397. The number of nitrogens with zero attached hydrogens (tertiary/aromatic N) is 1. The molecule has 0 aliphatic rings. The van der Waals surface area contributed by atoms with Crippen LogP contribution in [0.4, 0.5) is 0 Å². The molecule has 0 saturated heterocycles. The van der Waals surface area contributed by atoms with Crippen LogP contribution < -0.4 is 0 Å². The molecule has 0 aliphatic carbocycles. The normalized spacial score (nSPS) is 11.7. The molecular formula is C17H23N. The second-order valence-corrected chi connectivity index (χ2v) is 4.47. The summed E-state index contributed by atoms with van der Waals surface area (Å²) in [6, 6.07) is 10.6. The lowest BCUT2D eigenvalue weighted by Crippen LogP contribution is -2.23. The van der Waals surface area contributed by atoms with Gasteiger partial charge in [0.05, 0.1) is 6.04 Å². The molecule has 0 amide bonds. The van der Waals surface area contributed by atoms with Crippen molar-refractivity contribution in [2.75, 3.05) is 13.6 Å². The van der Waals surface area contributed by atoms with Crippen molar-refractivity contribution in [2.24, 2.45) is 0 Å². The molecule has 0 saturated carbocycles. The first-order valence-electron chi connectivity index (χ1n) is 6.64. The molecule has 1 unspecified atom stereocenters. The standard InChI is InChI=1S/C17H23N/c1-4-6-7-11-14-17(18(3)15-5-2)16-12-9-8-10-13-16/h5,8-10,12-13,17H,2,4,6-7,15H2,1,3H3. The van der Waals surface area contributed by atoms with E-state index in [9.17, 15) is 0 Å². The average Bonchev–Trinajstić information content (AvgIpc) is 2.40. The maximum atomic E-state index is 3.80. The first kappa shape index (κ1) is 14.5. The molecule has 1 aromatic rings. The highest BCUT2D eigenvalue weighted by atomic mass is 15.1. The van der Waals surface area contributed by atoms with Crippen LogP contribution in [0.2, 0.25) is 0 Å². The van der Waals surface area contributed by atoms with Crippen LogP contribution in [-0.4, -0.2) is 18.5 Å². The monoisotopic (exact) mass is 241 g/mol. The first-order valence-corrected chi connectivity index (χ1v) is 6.64. The van der Waals surface area contributed by atoms with Crippen LogP contribution in [0.25, 0.3) is 0 Å². The number of hydrogen-bond donors (Lipinski definition) is 0. The quantitative estimate of drug-likeness (QED) is 0.413. The molecule has 0 bridgehead atoms. The Balaban J connectivity index is 2.80.